The van der Waals surface area contributed by atoms with Gasteiger partial charge in [0.15, 0.2) is 5.65 Å². The molecule has 0 unspecified atom stereocenters. The van der Waals surface area contributed by atoms with Crippen molar-refractivity contribution in [3.63, 3.8) is 0 Å². The second-order valence-electron chi connectivity index (χ2n) is 5.63. The normalized spacial score (nSPS) is 15.4. The number of halogens is 1. The number of piperazine rings is 1. The fourth-order valence-corrected chi connectivity index (χ4v) is 3.07. The number of nitrogens with zero attached hydrogens (tertiary/aromatic N) is 6. The Morgan fingerprint density at radius 3 is 2.52 bits per heavy atom. The molecule has 0 N–H and O–H groups in total. The van der Waals surface area contributed by atoms with Crippen LogP contribution in [0.5, 0.6) is 0 Å². The summed E-state index contributed by atoms with van der Waals surface area (Å²) in [5, 5.41) is 5.21. The third-order valence-corrected chi connectivity index (χ3v) is 4.28. The molecular formula is C16H17FN6. The second kappa shape index (κ2) is 5.49. The number of anilines is 2. The van der Waals surface area contributed by atoms with Gasteiger partial charge in [0.1, 0.15) is 18.0 Å². The average molecular weight is 312 g/mol. The van der Waals surface area contributed by atoms with Crippen molar-refractivity contribution < 1.29 is 4.39 Å². The summed E-state index contributed by atoms with van der Waals surface area (Å²) >= 11 is 0. The summed E-state index contributed by atoms with van der Waals surface area (Å²) in [6.07, 6.45) is 3.37. The topological polar surface area (TPSA) is 50.1 Å². The van der Waals surface area contributed by atoms with Crippen molar-refractivity contribution in [2.24, 2.45) is 7.05 Å². The van der Waals surface area contributed by atoms with E-state index in [1.807, 2.05) is 19.2 Å². The summed E-state index contributed by atoms with van der Waals surface area (Å²) < 4.78 is 15.7. The molecule has 1 aliphatic heterocycles. The van der Waals surface area contributed by atoms with Crippen LogP contribution in [0.4, 0.5) is 15.9 Å². The van der Waals surface area contributed by atoms with E-state index in [0.717, 1.165) is 43.0 Å². The van der Waals surface area contributed by atoms with Crippen LogP contribution >= 0.6 is 0 Å². The van der Waals surface area contributed by atoms with Gasteiger partial charge in [-0.05, 0) is 12.1 Å². The SMILES string of the molecule is Cn1ncc2c(N3CCN(c4ccccc4F)CC3)ncnc21. The van der Waals surface area contributed by atoms with E-state index in [-0.39, 0.29) is 5.82 Å². The third kappa shape index (κ3) is 2.38. The van der Waals surface area contributed by atoms with E-state index in [1.54, 1.807) is 23.3 Å². The Bertz CT molecular complexity index is 837. The van der Waals surface area contributed by atoms with Crippen molar-refractivity contribution in [1.82, 2.24) is 19.7 Å². The summed E-state index contributed by atoms with van der Waals surface area (Å²) in [5.41, 5.74) is 1.49. The Balaban J connectivity index is 1.56. The van der Waals surface area contributed by atoms with E-state index in [2.05, 4.69) is 24.9 Å². The number of hydrogen-bond acceptors (Lipinski definition) is 5. The molecular weight excluding hydrogens is 295 g/mol. The first-order valence-corrected chi connectivity index (χ1v) is 7.61. The lowest BCUT2D eigenvalue weighted by molar-refractivity contribution is 0.596. The highest BCUT2D eigenvalue weighted by atomic mass is 19.1. The monoisotopic (exact) mass is 312 g/mol. The van der Waals surface area contributed by atoms with Gasteiger partial charge in [0, 0.05) is 33.2 Å². The molecule has 0 bridgehead atoms. The molecule has 3 heterocycles. The fraction of sp³-hybridized carbons (Fsp3) is 0.312. The predicted molar refractivity (Wildman–Crippen MR) is 87.1 cm³/mol. The van der Waals surface area contributed by atoms with Crippen LogP contribution in [0.15, 0.2) is 36.8 Å². The van der Waals surface area contributed by atoms with Gasteiger partial charge in [-0.3, -0.25) is 4.68 Å². The molecule has 0 radical (unpaired) electrons. The van der Waals surface area contributed by atoms with Gasteiger partial charge in [-0.25, -0.2) is 14.4 Å². The Labute approximate surface area is 133 Å². The Morgan fingerprint density at radius 1 is 1.00 bits per heavy atom. The molecule has 23 heavy (non-hydrogen) atoms. The van der Waals surface area contributed by atoms with Crippen molar-refractivity contribution in [3.05, 3.63) is 42.6 Å². The molecule has 1 saturated heterocycles. The fourth-order valence-electron chi connectivity index (χ4n) is 3.07. The highest BCUT2D eigenvalue weighted by Crippen LogP contribution is 2.25. The average Bonchev–Trinajstić information content (AvgIpc) is 2.97. The number of benzene rings is 1. The largest absolute Gasteiger partial charge is 0.366 e. The maximum atomic E-state index is 13.9. The standard InChI is InChI=1S/C16H17FN6/c1-21-15-12(10-20-21)16(19-11-18-15)23-8-6-22(7-9-23)14-5-3-2-4-13(14)17/h2-5,10-11H,6-9H2,1H3. The molecule has 0 aliphatic carbocycles. The molecule has 2 aromatic heterocycles. The number of hydrogen-bond donors (Lipinski definition) is 0. The molecule has 7 heteroatoms. The molecule has 1 fully saturated rings. The van der Waals surface area contributed by atoms with E-state index in [9.17, 15) is 4.39 Å². The van der Waals surface area contributed by atoms with Crippen LogP contribution in [0, 0.1) is 5.82 Å². The Hall–Kier alpha value is -2.70. The molecule has 4 rings (SSSR count). The molecule has 1 aliphatic rings. The summed E-state index contributed by atoms with van der Waals surface area (Å²) in [5.74, 6) is 0.730. The van der Waals surface area contributed by atoms with Crippen LogP contribution in [0.2, 0.25) is 0 Å². The van der Waals surface area contributed by atoms with E-state index >= 15 is 0 Å². The van der Waals surface area contributed by atoms with Crippen LogP contribution < -0.4 is 9.80 Å². The van der Waals surface area contributed by atoms with Gasteiger partial charge >= 0.3 is 0 Å². The first kappa shape index (κ1) is 13.9. The van der Waals surface area contributed by atoms with E-state index in [0.29, 0.717) is 5.69 Å². The molecule has 0 spiro atoms. The van der Waals surface area contributed by atoms with Gasteiger partial charge in [-0.15, -0.1) is 0 Å². The van der Waals surface area contributed by atoms with Gasteiger partial charge in [-0.2, -0.15) is 5.10 Å². The second-order valence-corrected chi connectivity index (χ2v) is 5.63. The third-order valence-electron chi connectivity index (χ3n) is 4.28. The molecule has 0 saturated carbocycles. The Morgan fingerprint density at radius 2 is 1.74 bits per heavy atom. The van der Waals surface area contributed by atoms with Crippen molar-refractivity contribution in [2.45, 2.75) is 0 Å². The number of aryl methyl sites for hydroxylation is 1. The first-order chi connectivity index (χ1) is 11.2. The molecule has 6 nitrogen and oxygen atoms in total. The van der Waals surface area contributed by atoms with E-state index in [4.69, 9.17) is 0 Å². The number of fused-ring (bicyclic) bond motifs is 1. The highest BCUT2D eigenvalue weighted by molar-refractivity contribution is 5.86. The minimum atomic E-state index is -0.169. The van der Waals surface area contributed by atoms with Crippen molar-refractivity contribution in [2.75, 3.05) is 36.0 Å². The lowest BCUT2D eigenvalue weighted by Crippen LogP contribution is -2.47. The number of para-hydroxylation sites is 1. The smallest absolute Gasteiger partial charge is 0.163 e. The minimum Gasteiger partial charge on any atom is -0.366 e. The Kier molecular flexibility index (Phi) is 3.33. The van der Waals surface area contributed by atoms with Crippen LogP contribution in [0.1, 0.15) is 0 Å². The predicted octanol–water partition coefficient (Wildman–Crippen LogP) is 1.83. The zero-order chi connectivity index (χ0) is 15.8. The van der Waals surface area contributed by atoms with Gasteiger partial charge in [0.25, 0.3) is 0 Å². The van der Waals surface area contributed by atoms with Gasteiger partial charge < -0.3 is 9.80 Å². The zero-order valence-corrected chi connectivity index (χ0v) is 12.9. The van der Waals surface area contributed by atoms with Crippen molar-refractivity contribution in [1.29, 1.82) is 0 Å². The van der Waals surface area contributed by atoms with Crippen LogP contribution in [-0.4, -0.2) is 45.9 Å². The first-order valence-electron chi connectivity index (χ1n) is 7.61. The van der Waals surface area contributed by atoms with Gasteiger partial charge in [0.05, 0.1) is 17.3 Å². The van der Waals surface area contributed by atoms with Crippen LogP contribution in [0.3, 0.4) is 0 Å². The van der Waals surface area contributed by atoms with E-state index < -0.39 is 0 Å². The summed E-state index contributed by atoms with van der Waals surface area (Å²) in [7, 11) is 1.87. The van der Waals surface area contributed by atoms with Gasteiger partial charge in [0.2, 0.25) is 0 Å². The molecule has 1 aromatic carbocycles. The molecule has 118 valence electrons. The summed E-state index contributed by atoms with van der Waals surface area (Å²) in [4.78, 5) is 13.0. The van der Waals surface area contributed by atoms with Crippen LogP contribution in [-0.2, 0) is 7.05 Å². The van der Waals surface area contributed by atoms with E-state index in [1.165, 1.54) is 6.07 Å². The quantitative estimate of drug-likeness (QED) is 0.722. The maximum Gasteiger partial charge on any atom is 0.163 e. The summed E-state index contributed by atoms with van der Waals surface area (Å²) in [6, 6.07) is 6.92. The van der Waals surface area contributed by atoms with Gasteiger partial charge in [-0.1, -0.05) is 12.1 Å². The minimum absolute atomic E-state index is 0.169. The highest BCUT2D eigenvalue weighted by Gasteiger charge is 2.22. The van der Waals surface area contributed by atoms with Crippen LogP contribution in [0.25, 0.3) is 11.0 Å². The lowest BCUT2D eigenvalue weighted by atomic mass is 10.2. The molecule has 3 aromatic rings. The number of aromatic nitrogens is 4. The lowest BCUT2D eigenvalue weighted by Gasteiger charge is -2.36. The summed E-state index contributed by atoms with van der Waals surface area (Å²) in [6.45, 7) is 3.09. The molecule has 0 amide bonds. The maximum absolute atomic E-state index is 13.9. The van der Waals surface area contributed by atoms with Crippen molar-refractivity contribution >= 4 is 22.5 Å². The molecule has 0 atom stereocenters. The van der Waals surface area contributed by atoms with Crippen molar-refractivity contribution in [3.8, 4) is 0 Å². The number of rotatable bonds is 2. The zero-order valence-electron chi connectivity index (χ0n) is 12.9.